The van der Waals surface area contributed by atoms with Crippen molar-refractivity contribution >= 4 is 11.3 Å². The summed E-state index contributed by atoms with van der Waals surface area (Å²) >= 11 is 1.83. The molecule has 0 aromatic carbocycles. The van der Waals surface area contributed by atoms with Crippen LogP contribution < -0.4 is 5.32 Å². The Morgan fingerprint density at radius 1 is 1.39 bits per heavy atom. The van der Waals surface area contributed by atoms with Gasteiger partial charge in [0, 0.05) is 17.5 Å². The Hall–Kier alpha value is -0.450. The average Bonchev–Trinajstić information content (AvgIpc) is 2.96. The summed E-state index contributed by atoms with van der Waals surface area (Å²) in [7, 11) is 0. The van der Waals surface area contributed by atoms with Crippen molar-refractivity contribution in [3.8, 4) is 0 Å². The first-order chi connectivity index (χ1) is 8.58. The number of likely N-dealkylation sites (tertiary alicyclic amines) is 1. The highest BCUT2D eigenvalue weighted by molar-refractivity contribution is 7.11. The van der Waals surface area contributed by atoms with Crippen molar-refractivity contribution in [3.63, 3.8) is 0 Å². The van der Waals surface area contributed by atoms with E-state index in [9.17, 15) is 0 Å². The van der Waals surface area contributed by atoms with Gasteiger partial charge in [0.05, 0.1) is 16.7 Å². The van der Waals surface area contributed by atoms with Crippen molar-refractivity contribution < 1.29 is 0 Å². The van der Waals surface area contributed by atoms with Crippen LogP contribution in [0.15, 0.2) is 0 Å². The van der Waals surface area contributed by atoms with Crippen LogP contribution in [0.4, 0.5) is 0 Å². The third kappa shape index (κ3) is 1.91. The zero-order valence-electron chi connectivity index (χ0n) is 11.7. The second-order valence-electron chi connectivity index (χ2n) is 5.87. The van der Waals surface area contributed by atoms with Crippen molar-refractivity contribution in [3.05, 3.63) is 15.6 Å². The lowest BCUT2D eigenvalue weighted by molar-refractivity contribution is 0.179. The predicted octanol–water partition coefficient (Wildman–Crippen LogP) is 2.36. The average molecular weight is 265 g/mol. The van der Waals surface area contributed by atoms with Gasteiger partial charge >= 0.3 is 0 Å². The summed E-state index contributed by atoms with van der Waals surface area (Å²) in [5, 5.41) is 4.73. The van der Waals surface area contributed by atoms with Gasteiger partial charge in [-0.05, 0) is 52.6 Å². The molecule has 3 heterocycles. The van der Waals surface area contributed by atoms with Crippen LogP contribution in [0.3, 0.4) is 0 Å². The van der Waals surface area contributed by atoms with Crippen LogP contribution in [0.2, 0.25) is 0 Å². The van der Waals surface area contributed by atoms with E-state index < -0.39 is 0 Å². The van der Waals surface area contributed by atoms with Crippen molar-refractivity contribution in [2.24, 2.45) is 11.8 Å². The summed E-state index contributed by atoms with van der Waals surface area (Å²) < 4.78 is 0. The first kappa shape index (κ1) is 12.6. The minimum Gasteiger partial charge on any atom is -0.316 e. The molecular weight excluding hydrogens is 242 g/mol. The number of nitrogens with one attached hydrogen (secondary N) is 1. The molecule has 0 radical (unpaired) electrons. The van der Waals surface area contributed by atoms with Gasteiger partial charge in [-0.1, -0.05) is 0 Å². The number of aromatic nitrogens is 1. The lowest BCUT2D eigenvalue weighted by atomic mass is 9.95. The Labute approximate surface area is 114 Å². The Balaban J connectivity index is 1.81. The third-order valence-electron chi connectivity index (χ3n) is 4.81. The molecule has 0 saturated carbocycles. The number of aryl methyl sites for hydroxylation is 2. The lowest BCUT2D eigenvalue weighted by Crippen LogP contribution is -2.35. The Morgan fingerprint density at radius 2 is 2.17 bits per heavy atom. The minimum absolute atomic E-state index is 0.468. The molecule has 1 aromatic heterocycles. The second kappa shape index (κ2) is 4.58. The summed E-state index contributed by atoms with van der Waals surface area (Å²) in [4.78, 5) is 8.80. The highest BCUT2D eigenvalue weighted by Gasteiger charge is 2.43. The number of hydrogen-bond donors (Lipinski definition) is 1. The van der Waals surface area contributed by atoms with Gasteiger partial charge in [0.25, 0.3) is 0 Å². The van der Waals surface area contributed by atoms with Crippen LogP contribution in [0, 0.1) is 25.7 Å². The van der Waals surface area contributed by atoms with E-state index in [-0.39, 0.29) is 0 Å². The van der Waals surface area contributed by atoms with Gasteiger partial charge in [-0.2, -0.15) is 0 Å². The maximum atomic E-state index is 4.74. The highest BCUT2D eigenvalue weighted by atomic mass is 32.1. The lowest BCUT2D eigenvalue weighted by Gasteiger charge is -2.30. The highest BCUT2D eigenvalue weighted by Crippen LogP contribution is 2.38. The molecule has 2 fully saturated rings. The van der Waals surface area contributed by atoms with Gasteiger partial charge < -0.3 is 5.32 Å². The van der Waals surface area contributed by atoms with E-state index in [1.807, 2.05) is 11.3 Å². The standard InChI is InChI=1S/C14H23N3S/c1-8-13-6-15-5-12(13)7-17(8)9(2)14-10(3)18-11(4)16-14/h8-9,12-13,15H,5-7H2,1-4H3. The maximum Gasteiger partial charge on any atom is 0.0900 e. The molecular formula is C14H23N3S. The monoisotopic (exact) mass is 265 g/mol. The smallest absolute Gasteiger partial charge is 0.0900 e. The molecule has 1 aromatic rings. The number of thiazole rings is 1. The zero-order valence-corrected chi connectivity index (χ0v) is 12.5. The van der Waals surface area contributed by atoms with E-state index in [2.05, 4.69) is 37.9 Å². The molecule has 18 heavy (non-hydrogen) atoms. The molecule has 0 amide bonds. The SMILES string of the molecule is Cc1nc(C(C)N2CC3CNCC3C2C)c(C)s1. The fraction of sp³-hybridized carbons (Fsp3) is 0.786. The van der Waals surface area contributed by atoms with Gasteiger partial charge in [0.15, 0.2) is 0 Å². The molecule has 2 saturated heterocycles. The van der Waals surface area contributed by atoms with E-state index in [4.69, 9.17) is 4.98 Å². The summed E-state index contributed by atoms with van der Waals surface area (Å²) in [6, 6.07) is 1.15. The molecule has 1 N–H and O–H groups in total. The Kier molecular flexibility index (Phi) is 3.20. The molecule has 4 atom stereocenters. The van der Waals surface area contributed by atoms with Gasteiger partial charge in [0.2, 0.25) is 0 Å². The fourth-order valence-electron chi connectivity index (χ4n) is 3.80. The second-order valence-corrected chi connectivity index (χ2v) is 7.28. The molecule has 3 nitrogen and oxygen atoms in total. The third-order valence-corrected chi connectivity index (χ3v) is 5.71. The van der Waals surface area contributed by atoms with E-state index in [1.54, 1.807) is 0 Å². The summed E-state index contributed by atoms with van der Waals surface area (Å²) in [6.45, 7) is 12.7. The van der Waals surface area contributed by atoms with E-state index in [0.29, 0.717) is 12.1 Å². The van der Waals surface area contributed by atoms with E-state index in [1.165, 1.54) is 35.2 Å². The Morgan fingerprint density at radius 3 is 2.78 bits per heavy atom. The van der Waals surface area contributed by atoms with Gasteiger partial charge in [-0.3, -0.25) is 4.90 Å². The number of nitrogens with zero attached hydrogens (tertiary/aromatic N) is 2. The normalized spacial score (nSPS) is 33.9. The first-order valence-electron chi connectivity index (χ1n) is 6.98. The van der Waals surface area contributed by atoms with Crippen LogP contribution in [0.1, 0.15) is 35.5 Å². The molecule has 3 rings (SSSR count). The summed E-state index contributed by atoms with van der Waals surface area (Å²) in [5.41, 5.74) is 1.30. The van der Waals surface area contributed by atoms with Crippen molar-refractivity contribution in [1.82, 2.24) is 15.2 Å². The van der Waals surface area contributed by atoms with E-state index >= 15 is 0 Å². The molecule has 2 aliphatic heterocycles. The van der Waals surface area contributed by atoms with Crippen LogP contribution >= 0.6 is 11.3 Å². The van der Waals surface area contributed by atoms with Crippen molar-refractivity contribution in [2.45, 2.75) is 39.8 Å². The van der Waals surface area contributed by atoms with Crippen LogP contribution in [-0.4, -0.2) is 35.6 Å². The quantitative estimate of drug-likeness (QED) is 0.890. The van der Waals surface area contributed by atoms with Crippen molar-refractivity contribution in [1.29, 1.82) is 0 Å². The summed E-state index contributed by atoms with van der Waals surface area (Å²) in [6.07, 6.45) is 0. The molecule has 4 heteroatoms. The first-order valence-corrected chi connectivity index (χ1v) is 7.80. The minimum atomic E-state index is 0.468. The zero-order chi connectivity index (χ0) is 12.9. The fourth-order valence-corrected chi connectivity index (χ4v) is 4.71. The predicted molar refractivity (Wildman–Crippen MR) is 76.0 cm³/mol. The van der Waals surface area contributed by atoms with Crippen LogP contribution in [0.5, 0.6) is 0 Å². The summed E-state index contributed by atoms with van der Waals surface area (Å²) in [5.74, 6) is 1.69. The molecule has 0 spiro atoms. The topological polar surface area (TPSA) is 28.2 Å². The van der Waals surface area contributed by atoms with Gasteiger partial charge in [0.1, 0.15) is 0 Å². The largest absolute Gasteiger partial charge is 0.316 e. The van der Waals surface area contributed by atoms with Gasteiger partial charge in [-0.15, -0.1) is 11.3 Å². The maximum absolute atomic E-state index is 4.74. The van der Waals surface area contributed by atoms with Crippen LogP contribution in [-0.2, 0) is 0 Å². The Bertz CT molecular complexity index is 442. The number of fused-ring (bicyclic) bond motifs is 1. The van der Waals surface area contributed by atoms with Crippen molar-refractivity contribution in [2.75, 3.05) is 19.6 Å². The molecule has 0 aliphatic carbocycles. The molecule has 0 bridgehead atoms. The van der Waals surface area contributed by atoms with E-state index in [0.717, 1.165) is 11.8 Å². The van der Waals surface area contributed by atoms with Crippen LogP contribution in [0.25, 0.3) is 0 Å². The molecule has 4 unspecified atom stereocenters. The van der Waals surface area contributed by atoms with Gasteiger partial charge in [-0.25, -0.2) is 4.98 Å². The number of hydrogen-bond acceptors (Lipinski definition) is 4. The molecule has 100 valence electrons. The number of rotatable bonds is 2. The molecule has 2 aliphatic rings.